The second kappa shape index (κ2) is 10.0. The van der Waals surface area contributed by atoms with Crippen molar-refractivity contribution in [2.75, 3.05) is 20.6 Å². The van der Waals surface area contributed by atoms with Gasteiger partial charge in [-0.2, -0.15) is 0 Å². The lowest BCUT2D eigenvalue weighted by Gasteiger charge is -2.11. The maximum atomic E-state index is 11.2. The zero-order chi connectivity index (χ0) is 17.3. The highest BCUT2D eigenvalue weighted by Gasteiger charge is 2.26. The zero-order valence-electron chi connectivity index (χ0n) is 12.5. The zero-order valence-corrected chi connectivity index (χ0v) is 13.4. The van der Waals surface area contributed by atoms with Crippen molar-refractivity contribution in [1.29, 1.82) is 0 Å². The van der Waals surface area contributed by atoms with Crippen LogP contribution in [0.5, 0.6) is 0 Å². The van der Waals surface area contributed by atoms with Crippen LogP contribution in [0, 0.1) is 0 Å². The third-order valence-electron chi connectivity index (χ3n) is 2.67. The van der Waals surface area contributed by atoms with E-state index in [4.69, 9.17) is 28.2 Å². The highest BCUT2D eigenvalue weighted by Crippen LogP contribution is 2.02. The van der Waals surface area contributed by atoms with Gasteiger partial charge in [0.05, 0.1) is 6.42 Å². The fourth-order valence-corrected chi connectivity index (χ4v) is 1.79. The number of carboxylic acid groups (broad SMARTS) is 2. The van der Waals surface area contributed by atoms with Gasteiger partial charge in [-0.1, -0.05) is 0 Å². The van der Waals surface area contributed by atoms with E-state index in [1.165, 1.54) is 0 Å². The third kappa shape index (κ3) is 9.21. The summed E-state index contributed by atoms with van der Waals surface area (Å²) < 4.78 is 0. The average molecular weight is 334 g/mol. The van der Waals surface area contributed by atoms with Crippen LogP contribution in [0.15, 0.2) is 0 Å². The lowest BCUT2D eigenvalue weighted by molar-refractivity contribution is -0.144. The summed E-state index contributed by atoms with van der Waals surface area (Å²) in [5, 5.41) is 22.0. The molecule has 1 saturated heterocycles. The predicted molar refractivity (Wildman–Crippen MR) is 83.3 cm³/mol. The van der Waals surface area contributed by atoms with Crippen LogP contribution in [0.3, 0.4) is 0 Å². The van der Waals surface area contributed by atoms with Crippen LogP contribution in [0.1, 0.15) is 19.3 Å². The SMILES string of the molecule is CN(C)CCCC1NC(=S)NC1=O.N[C@@H](CC(=O)O)C(=O)O. The normalized spacial score (nSPS) is 18.1. The van der Waals surface area contributed by atoms with Crippen molar-refractivity contribution < 1.29 is 24.6 Å². The van der Waals surface area contributed by atoms with Crippen molar-refractivity contribution in [3.05, 3.63) is 0 Å². The topological polar surface area (TPSA) is 145 Å². The summed E-state index contributed by atoms with van der Waals surface area (Å²) in [5.74, 6) is -2.49. The molecule has 9 nitrogen and oxygen atoms in total. The van der Waals surface area contributed by atoms with E-state index in [1.54, 1.807) is 0 Å². The van der Waals surface area contributed by atoms with Gasteiger partial charge in [0.15, 0.2) is 5.11 Å². The van der Waals surface area contributed by atoms with Crippen molar-refractivity contribution in [2.45, 2.75) is 31.3 Å². The molecule has 2 atom stereocenters. The molecule has 126 valence electrons. The van der Waals surface area contributed by atoms with Gasteiger partial charge in [0.2, 0.25) is 5.91 Å². The molecule has 0 spiro atoms. The van der Waals surface area contributed by atoms with E-state index >= 15 is 0 Å². The highest BCUT2D eigenvalue weighted by atomic mass is 32.1. The van der Waals surface area contributed by atoms with Gasteiger partial charge in [0, 0.05) is 0 Å². The second-order valence-corrected chi connectivity index (χ2v) is 5.41. The van der Waals surface area contributed by atoms with E-state index in [0.717, 1.165) is 19.4 Å². The summed E-state index contributed by atoms with van der Waals surface area (Å²) in [5.41, 5.74) is 4.84. The van der Waals surface area contributed by atoms with Crippen molar-refractivity contribution in [2.24, 2.45) is 5.73 Å². The Kier molecular flexibility index (Phi) is 9.22. The second-order valence-electron chi connectivity index (χ2n) is 5.00. The number of nitrogens with zero attached hydrogens (tertiary/aromatic N) is 1. The summed E-state index contributed by atoms with van der Waals surface area (Å²) in [6, 6.07) is -1.41. The number of carbonyl (C=O) groups excluding carboxylic acids is 1. The quantitative estimate of drug-likeness (QED) is 0.354. The molecule has 0 saturated carbocycles. The molecule has 1 aliphatic heterocycles. The fourth-order valence-electron chi connectivity index (χ4n) is 1.55. The number of amides is 1. The minimum atomic E-state index is -1.29. The van der Waals surface area contributed by atoms with E-state index in [1.807, 2.05) is 14.1 Å². The van der Waals surface area contributed by atoms with Crippen molar-refractivity contribution >= 4 is 35.2 Å². The third-order valence-corrected chi connectivity index (χ3v) is 2.89. The molecule has 10 heteroatoms. The molecule has 0 aromatic rings. The van der Waals surface area contributed by atoms with Crippen molar-refractivity contribution in [1.82, 2.24) is 15.5 Å². The van der Waals surface area contributed by atoms with Gasteiger partial charge in [0.25, 0.3) is 0 Å². The molecule has 1 unspecified atom stereocenters. The molecule has 22 heavy (non-hydrogen) atoms. The molecule has 0 aromatic carbocycles. The first-order chi connectivity index (χ1) is 10.1. The lowest BCUT2D eigenvalue weighted by atomic mass is 10.1. The van der Waals surface area contributed by atoms with Gasteiger partial charge in [-0.3, -0.25) is 14.4 Å². The van der Waals surface area contributed by atoms with Crippen LogP contribution >= 0.6 is 12.2 Å². The number of carbonyl (C=O) groups is 3. The monoisotopic (exact) mass is 334 g/mol. The number of hydrogen-bond acceptors (Lipinski definition) is 6. The van der Waals surface area contributed by atoms with Crippen LogP contribution in [0.25, 0.3) is 0 Å². The molecule has 1 amide bonds. The Morgan fingerprint density at radius 1 is 1.41 bits per heavy atom. The van der Waals surface area contributed by atoms with Gasteiger partial charge in [-0.15, -0.1) is 0 Å². The summed E-state index contributed by atoms with van der Waals surface area (Å²) in [7, 11) is 4.04. The molecule has 0 bridgehead atoms. The first kappa shape index (κ1) is 20.2. The molecule has 1 rings (SSSR count). The van der Waals surface area contributed by atoms with Gasteiger partial charge in [-0.05, 0) is 45.7 Å². The summed E-state index contributed by atoms with van der Waals surface area (Å²) in [6.45, 7) is 0.998. The van der Waals surface area contributed by atoms with Gasteiger partial charge in [-0.25, -0.2) is 0 Å². The predicted octanol–water partition coefficient (Wildman–Crippen LogP) is -1.43. The van der Waals surface area contributed by atoms with Gasteiger partial charge in [0.1, 0.15) is 12.1 Å². The Bertz CT molecular complexity index is 430. The number of hydrogen-bond donors (Lipinski definition) is 5. The van der Waals surface area contributed by atoms with E-state index in [9.17, 15) is 14.4 Å². The molecule has 1 aliphatic rings. The van der Waals surface area contributed by atoms with E-state index in [0.29, 0.717) is 5.11 Å². The highest BCUT2D eigenvalue weighted by molar-refractivity contribution is 7.80. The number of nitrogens with one attached hydrogen (secondary N) is 2. The lowest BCUT2D eigenvalue weighted by Crippen LogP contribution is -2.32. The number of aliphatic carboxylic acids is 2. The van der Waals surface area contributed by atoms with Gasteiger partial charge >= 0.3 is 11.9 Å². The van der Waals surface area contributed by atoms with Crippen LogP contribution < -0.4 is 16.4 Å². The summed E-state index contributed by atoms with van der Waals surface area (Å²) >= 11 is 4.82. The average Bonchev–Trinajstić information content (AvgIpc) is 2.67. The molecule has 1 fully saturated rings. The smallest absolute Gasteiger partial charge is 0.321 e. The fraction of sp³-hybridized carbons (Fsp3) is 0.667. The molecule has 1 heterocycles. The van der Waals surface area contributed by atoms with Crippen molar-refractivity contribution in [3.63, 3.8) is 0 Å². The van der Waals surface area contributed by atoms with Crippen LogP contribution in [0.4, 0.5) is 0 Å². The van der Waals surface area contributed by atoms with Crippen LogP contribution in [-0.4, -0.2) is 70.8 Å². The van der Waals surface area contributed by atoms with E-state index in [2.05, 4.69) is 15.5 Å². The number of rotatable bonds is 7. The van der Waals surface area contributed by atoms with Crippen LogP contribution in [0.2, 0.25) is 0 Å². The number of thiocarbonyl (C=S) groups is 1. The van der Waals surface area contributed by atoms with E-state index < -0.39 is 24.4 Å². The minimum Gasteiger partial charge on any atom is -0.481 e. The van der Waals surface area contributed by atoms with Gasteiger partial charge < -0.3 is 31.5 Å². The summed E-state index contributed by atoms with van der Waals surface area (Å²) in [6.07, 6.45) is 1.31. The van der Waals surface area contributed by atoms with Crippen molar-refractivity contribution in [3.8, 4) is 0 Å². The largest absolute Gasteiger partial charge is 0.481 e. The molecule has 0 aliphatic carbocycles. The molecule has 0 radical (unpaired) electrons. The first-order valence-electron chi connectivity index (χ1n) is 6.59. The standard InChI is InChI=1S/C8H15N3OS.C4H7NO4/c1-11(2)5-3-4-6-7(12)10-8(13)9-6;5-2(4(8)9)1-3(6)7/h6H,3-5H2,1-2H3,(H2,9,10,12,13);2H,1,5H2,(H,6,7)(H,8,9)/t;2-/m.0/s1. The minimum absolute atomic E-state index is 0.00348. The maximum Gasteiger partial charge on any atom is 0.321 e. The van der Waals surface area contributed by atoms with Crippen LogP contribution in [-0.2, 0) is 14.4 Å². The Balaban J connectivity index is 0.000000433. The number of carboxylic acids is 2. The molecular weight excluding hydrogens is 312 g/mol. The molecule has 6 N–H and O–H groups in total. The Hall–Kier alpha value is -1.78. The van der Waals surface area contributed by atoms with E-state index in [-0.39, 0.29) is 11.9 Å². The Morgan fingerprint density at radius 2 is 2.00 bits per heavy atom. The summed E-state index contributed by atoms with van der Waals surface area (Å²) in [4.78, 5) is 32.9. The number of nitrogens with two attached hydrogens (primary N) is 1. The maximum absolute atomic E-state index is 11.2. The first-order valence-corrected chi connectivity index (χ1v) is 7.00. The molecule has 0 aromatic heterocycles. The Labute approximate surface area is 133 Å². The molecular formula is C12H22N4O5S. The Morgan fingerprint density at radius 3 is 2.32 bits per heavy atom.